The summed E-state index contributed by atoms with van der Waals surface area (Å²) in [6, 6.07) is 14.2. The fraction of sp³-hybridized carbons (Fsp3) is 0.278. The molecule has 0 fully saturated rings. The molecule has 22 heavy (non-hydrogen) atoms. The van der Waals surface area contributed by atoms with Gasteiger partial charge in [0.1, 0.15) is 23.7 Å². The molecule has 114 valence electrons. The Balaban J connectivity index is 1.94. The average molecular weight is 295 g/mol. The quantitative estimate of drug-likeness (QED) is 0.738. The van der Waals surface area contributed by atoms with E-state index in [1.54, 1.807) is 0 Å². The minimum atomic E-state index is 0.295. The van der Waals surface area contributed by atoms with E-state index in [4.69, 9.17) is 10.5 Å². The Labute approximate surface area is 130 Å². The fourth-order valence-corrected chi connectivity index (χ4v) is 2.65. The molecule has 0 unspecified atom stereocenters. The van der Waals surface area contributed by atoms with Gasteiger partial charge in [0.2, 0.25) is 0 Å². The molecule has 3 aromatic rings. The number of aromatic nitrogens is 2. The molecular weight excluding hydrogens is 274 g/mol. The van der Waals surface area contributed by atoms with Gasteiger partial charge in [-0.1, -0.05) is 23.8 Å². The summed E-state index contributed by atoms with van der Waals surface area (Å²) in [6.45, 7) is 6.76. The van der Waals surface area contributed by atoms with Gasteiger partial charge in [0, 0.05) is 6.04 Å². The SMILES string of the molecule is Cc1ccc(OCc2nc3c(N)cccc3n2C(C)C)cc1. The van der Waals surface area contributed by atoms with E-state index < -0.39 is 0 Å². The molecule has 3 rings (SSSR count). The third-order valence-corrected chi connectivity index (χ3v) is 3.73. The van der Waals surface area contributed by atoms with E-state index in [1.807, 2.05) is 42.5 Å². The first kappa shape index (κ1) is 14.4. The summed E-state index contributed by atoms with van der Waals surface area (Å²) in [6.07, 6.45) is 0. The number of anilines is 1. The van der Waals surface area contributed by atoms with Crippen LogP contribution in [0.15, 0.2) is 42.5 Å². The third-order valence-electron chi connectivity index (χ3n) is 3.73. The smallest absolute Gasteiger partial charge is 0.148 e. The number of imidazole rings is 1. The maximum Gasteiger partial charge on any atom is 0.148 e. The Morgan fingerprint density at radius 2 is 1.86 bits per heavy atom. The zero-order valence-corrected chi connectivity index (χ0v) is 13.2. The number of hydrogen-bond acceptors (Lipinski definition) is 3. The van der Waals surface area contributed by atoms with Crippen molar-refractivity contribution in [2.75, 3.05) is 5.73 Å². The molecule has 0 aliphatic rings. The molecule has 1 heterocycles. The van der Waals surface area contributed by atoms with Gasteiger partial charge < -0.3 is 15.0 Å². The minimum absolute atomic E-state index is 0.295. The molecule has 0 atom stereocenters. The van der Waals surface area contributed by atoms with Crippen LogP contribution in [0.4, 0.5) is 5.69 Å². The molecular formula is C18H21N3O. The number of aryl methyl sites for hydroxylation is 1. The lowest BCUT2D eigenvalue weighted by Crippen LogP contribution is -2.09. The normalized spacial score (nSPS) is 11.3. The van der Waals surface area contributed by atoms with Crippen molar-refractivity contribution in [2.24, 2.45) is 0 Å². The van der Waals surface area contributed by atoms with Crippen LogP contribution in [-0.4, -0.2) is 9.55 Å². The van der Waals surface area contributed by atoms with Crippen molar-refractivity contribution in [1.82, 2.24) is 9.55 Å². The number of benzene rings is 2. The first-order valence-electron chi connectivity index (χ1n) is 7.51. The van der Waals surface area contributed by atoms with Crippen LogP contribution < -0.4 is 10.5 Å². The van der Waals surface area contributed by atoms with Crippen molar-refractivity contribution in [3.05, 3.63) is 53.9 Å². The van der Waals surface area contributed by atoms with Crippen LogP contribution >= 0.6 is 0 Å². The van der Waals surface area contributed by atoms with Crippen molar-refractivity contribution in [3.8, 4) is 5.75 Å². The monoisotopic (exact) mass is 295 g/mol. The minimum Gasteiger partial charge on any atom is -0.486 e. The zero-order chi connectivity index (χ0) is 15.7. The Morgan fingerprint density at radius 1 is 1.14 bits per heavy atom. The number of ether oxygens (including phenoxy) is 1. The van der Waals surface area contributed by atoms with E-state index in [0.717, 1.165) is 22.6 Å². The lowest BCUT2D eigenvalue weighted by Gasteiger charge is -2.13. The van der Waals surface area contributed by atoms with Gasteiger partial charge in [-0.3, -0.25) is 0 Å². The van der Waals surface area contributed by atoms with E-state index in [-0.39, 0.29) is 0 Å². The molecule has 0 aliphatic carbocycles. The Bertz CT molecular complexity index is 788. The molecule has 0 saturated heterocycles. The van der Waals surface area contributed by atoms with Crippen LogP contribution in [0.25, 0.3) is 11.0 Å². The van der Waals surface area contributed by atoms with Gasteiger partial charge in [0.05, 0.1) is 11.2 Å². The van der Waals surface area contributed by atoms with Crippen molar-refractivity contribution >= 4 is 16.7 Å². The Kier molecular flexibility index (Phi) is 3.75. The van der Waals surface area contributed by atoms with E-state index >= 15 is 0 Å². The first-order chi connectivity index (χ1) is 10.6. The van der Waals surface area contributed by atoms with Gasteiger partial charge >= 0.3 is 0 Å². The third kappa shape index (κ3) is 2.64. The maximum atomic E-state index is 6.05. The van der Waals surface area contributed by atoms with Crippen molar-refractivity contribution < 1.29 is 4.74 Å². The van der Waals surface area contributed by atoms with Crippen LogP contribution in [-0.2, 0) is 6.61 Å². The predicted octanol–water partition coefficient (Wildman–Crippen LogP) is 4.09. The molecule has 0 spiro atoms. The van der Waals surface area contributed by atoms with E-state index in [0.29, 0.717) is 18.3 Å². The molecule has 0 radical (unpaired) electrons. The van der Waals surface area contributed by atoms with Gasteiger partial charge in [-0.15, -0.1) is 0 Å². The van der Waals surface area contributed by atoms with Crippen LogP contribution in [0.1, 0.15) is 31.3 Å². The highest BCUT2D eigenvalue weighted by Gasteiger charge is 2.15. The molecule has 4 heteroatoms. The van der Waals surface area contributed by atoms with E-state index in [1.165, 1.54) is 5.56 Å². The van der Waals surface area contributed by atoms with Gasteiger partial charge in [-0.05, 0) is 45.0 Å². The zero-order valence-electron chi connectivity index (χ0n) is 13.2. The van der Waals surface area contributed by atoms with Crippen molar-refractivity contribution in [2.45, 2.75) is 33.4 Å². The maximum absolute atomic E-state index is 6.05. The summed E-state index contributed by atoms with van der Waals surface area (Å²) in [5.41, 5.74) is 9.86. The number of nitrogens with two attached hydrogens (primary N) is 1. The molecule has 0 aliphatic heterocycles. The second-order valence-corrected chi connectivity index (χ2v) is 5.81. The molecule has 0 amide bonds. The average Bonchev–Trinajstić information content (AvgIpc) is 2.87. The molecule has 2 N–H and O–H groups in total. The van der Waals surface area contributed by atoms with Crippen LogP contribution in [0.5, 0.6) is 5.75 Å². The number of fused-ring (bicyclic) bond motifs is 1. The largest absolute Gasteiger partial charge is 0.486 e. The van der Waals surface area contributed by atoms with Crippen LogP contribution in [0.2, 0.25) is 0 Å². The second-order valence-electron chi connectivity index (χ2n) is 5.81. The topological polar surface area (TPSA) is 53.1 Å². The number of nitrogen functional groups attached to an aromatic ring is 1. The number of hydrogen-bond donors (Lipinski definition) is 1. The van der Waals surface area contributed by atoms with Crippen molar-refractivity contribution in [1.29, 1.82) is 0 Å². The number of nitrogens with zero attached hydrogens (tertiary/aromatic N) is 2. The summed E-state index contributed by atoms with van der Waals surface area (Å²) in [5, 5.41) is 0. The van der Waals surface area contributed by atoms with Gasteiger partial charge in [-0.2, -0.15) is 0 Å². The van der Waals surface area contributed by atoms with Crippen LogP contribution in [0, 0.1) is 6.92 Å². The van der Waals surface area contributed by atoms with Crippen LogP contribution in [0.3, 0.4) is 0 Å². The second kappa shape index (κ2) is 5.72. The Morgan fingerprint density at radius 3 is 2.55 bits per heavy atom. The summed E-state index contributed by atoms with van der Waals surface area (Å²) < 4.78 is 8.06. The molecule has 2 aromatic carbocycles. The lowest BCUT2D eigenvalue weighted by molar-refractivity contribution is 0.287. The summed E-state index contributed by atoms with van der Waals surface area (Å²) in [7, 11) is 0. The highest BCUT2D eigenvalue weighted by Crippen LogP contribution is 2.26. The number of rotatable bonds is 4. The van der Waals surface area contributed by atoms with Gasteiger partial charge in [0.15, 0.2) is 0 Å². The van der Waals surface area contributed by atoms with Gasteiger partial charge in [-0.25, -0.2) is 4.98 Å². The summed E-state index contributed by atoms with van der Waals surface area (Å²) >= 11 is 0. The first-order valence-corrected chi connectivity index (χ1v) is 7.51. The molecule has 0 bridgehead atoms. The summed E-state index contributed by atoms with van der Waals surface area (Å²) in [4.78, 5) is 4.68. The number of para-hydroxylation sites is 1. The highest BCUT2D eigenvalue weighted by molar-refractivity contribution is 5.87. The standard InChI is InChI=1S/C18H21N3O/c1-12(2)21-16-6-4-5-15(19)18(16)20-17(21)11-22-14-9-7-13(3)8-10-14/h4-10,12H,11,19H2,1-3H3. The predicted molar refractivity (Wildman–Crippen MR) is 90.0 cm³/mol. The molecule has 4 nitrogen and oxygen atoms in total. The fourth-order valence-electron chi connectivity index (χ4n) is 2.65. The summed E-state index contributed by atoms with van der Waals surface area (Å²) in [5.74, 6) is 1.74. The lowest BCUT2D eigenvalue weighted by atomic mass is 10.2. The van der Waals surface area contributed by atoms with E-state index in [2.05, 4.69) is 30.3 Å². The van der Waals surface area contributed by atoms with Crippen molar-refractivity contribution in [3.63, 3.8) is 0 Å². The molecule has 1 aromatic heterocycles. The highest BCUT2D eigenvalue weighted by atomic mass is 16.5. The van der Waals surface area contributed by atoms with Gasteiger partial charge in [0.25, 0.3) is 0 Å². The van der Waals surface area contributed by atoms with E-state index in [9.17, 15) is 0 Å². The Hall–Kier alpha value is -2.49. The molecule has 0 saturated carbocycles.